The molecule has 9 nitrogen and oxygen atoms in total. The normalized spacial score (nSPS) is 16.4. The number of hydrogen-bond donors (Lipinski definition) is 2. The quantitative estimate of drug-likeness (QED) is 0.738. The fraction of sp³-hybridized carbons (Fsp3) is 0.556. The van der Waals surface area contributed by atoms with Crippen LogP contribution in [-0.4, -0.2) is 64.2 Å². The van der Waals surface area contributed by atoms with E-state index in [0.29, 0.717) is 31.9 Å². The van der Waals surface area contributed by atoms with Crippen LogP contribution < -0.4 is 16.6 Å². The number of aromatic amines is 1. The van der Waals surface area contributed by atoms with E-state index in [1.54, 1.807) is 6.07 Å². The van der Waals surface area contributed by atoms with Crippen LogP contribution in [0.25, 0.3) is 11.0 Å². The smallest absolute Gasteiger partial charge is 0.329 e. The number of nitrogens with one attached hydrogen (secondary N) is 2. The van der Waals surface area contributed by atoms with Crippen LogP contribution in [0.4, 0.5) is 0 Å². The van der Waals surface area contributed by atoms with Crippen LogP contribution in [-0.2, 0) is 18.2 Å². The summed E-state index contributed by atoms with van der Waals surface area (Å²) in [4.78, 5) is 46.0. The predicted molar refractivity (Wildman–Crippen MR) is 101 cm³/mol. The number of ether oxygens (including phenoxy) is 1. The molecule has 1 saturated heterocycles. The van der Waals surface area contributed by atoms with Crippen molar-refractivity contribution in [2.45, 2.75) is 26.3 Å². The van der Waals surface area contributed by atoms with Crippen molar-refractivity contribution in [3.05, 3.63) is 38.2 Å². The van der Waals surface area contributed by atoms with Gasteiger partial charge in [0.25, 0.3) is 11.5 Å². The molecule has 1 fully saturated rings. The van der Waals surface area contributed by atoms with E-state index in [0.717, 1.165) is 13.1 Å². The third-order valence-electron chi connectivity index (χ3n) is 4.74. The molecule has 2 aromatic rings. The summed E-state index contributed by atoms with van der Waals surface area (Å²) in [7, 11) is 1.52. The number of hydrogen-bond acceptors (Lipinski definition) is 6. The molecular weight excluding hydrogens is 350 g/mol. The van der Waals surface area contributed by atoms with E-state index in [2.05, 4.69) is 20.2 Å². The molecule has 0 saturated carbocycles. The average molecular weight is 375 g/mol. The Balaban J connectivity index is 1.92. The molecule has 2 aromatic heterocycles. The molecule has 27 heavy (non-hydrogen) atoms. The standard InChI is InChI=1S/C18H25N5O4/c1-4-12-9-13(14-15(20-12)22(3)18(26)21-17(14)25)16(24)19-11(2)10-23-5-7-27-8-6-23/h9,11H,4-8,10H2,1-3H3,(H,19,24)(H,21,25,26)/t11-/m1/s1. The van der Waals surface area contributed by atoms with E-state index in [9.17, 15) is 14.4 Å². The van der Waals surface area contributed by atoms with E-state index in [4.69, 9.17) is 4.74 Å². The highest BCUT2D eigenvalue weighted by Gasteiger charge is 2.21. The molecule has 9 heteroatoms. The number of fused-ring (bicyclic) bond motifs is 1. The molecule has 2 N–H and O–H groups in total. The Labute approximate surface area is 156 Å². The predicted octanol–water partition coefficient (Wildman–Crippen LogP) is -0.365. The van der Waals surface area contributed by atoms with Crippen molar-refractivity contribution in [1.29, 1.82) is 0 Å². The van der Waals surface area contributed by atoms with Crippen LogP contribution in [0.1, 0.15) is 29.9 Å². The Morgan fingerprint density at radius 3 is 2.74 bits per heavy atom. The topological polar surface area (TPSA) is 109 Å². The molecule has 0 unspecified atom stereocenters. The third kappa shape index (κ3) is 4.09. The van der Waals surface area contributed by atoms with E-state index in [1.165, 1.54) is 11.6 Å². The zero-order valence-corrected chi connectivity index (χ0v) is 15.9. The van der Waals surface area contributed by atoms with Crippen molar-refractivity contribution in [3.63, 3.8) is 0 Å². The van der Waals surface area contributed by atoms with Gasteiger partial charge in [0, 0.05) is 38.4 Å². The minimum atomic E-state index is -0.603. The van der Waals surface area contributed by atoms with Crippen LogP contribution in [0.3, 0.4) is 0 Å². The summed E-state index contributed by atoms with van der Waals surface area (Å²) in [5, 5.41) is 3.09. The van der Waals surface area contributed by atoms with Gasteiger partial charge in [0.05, 0.1) is 24.2 Å². The summed E-state index contributed by atoms with van der Waals surface area (Å²) in [5.41, 5.74) is -0.0553. The molecule has 146 valence electrons. The van der Waals surface area contributed by atoms with Crippen molar-refractivity contribution in [3.8, 4) is 0 Å². The first-order valence-electron chi connectivity index (χ1n) is 9.14. The molecule has 1 aliphatic rings. The van der Waals surface area contributed by atoms with Crippen molar-refractivity contribution in [2.75, 3.05) is 32.8 Å². The molecule has 1 atom stereocenters. The maximum absolute atomic E-state index is 12.9. The van der Waals surface area contributed by atoms with Crippen LogP contribution >= 0.6 is 0 Å². The summed E-state index contributed by atoms with van der Waals surface area (Å²) in [5.74, 6) is -0.345. The molecule has 0 spiro atoms. The van der Waals surface area contributed by atoms with Gasteiger partial charge in [-0.3, -0.25) is 24.0 Å². The fourth-order valence-corrected chi connectivity index (χ4v) is 3.27. The van der Waals surface area contributed by atoms with Gasteiger partial charge in [0.15, 0.2) is 0 Å². The van der Waals surface area contributed by atoms with E-state index >= 15 is 0 Å². The zero-order valence-electron chi connectivity index (χ0n) is 15.9. The Morgan fingerprint density at radius 1 is 1.37 bits per heavy atom. The summed E-state index contributed by atoms with van der Waals surface area (Å²) in [6.45, 7) is 7.59. The van der Waals surface area contributed by atoms with Gasteiger partial charge in [-0.2, -0.15) is 0 Å². The van der Waals surface area contributed by atoms with Crippen molar-refractivity contribution < 1.29 is 9.53 Å². The first-order chi connectivity index (χ1) is 12.9. The number of H-pyrrole nitrogens is 1. The van der Waals surface area contributed by atoms with Gasteiger partial charge in [0.2, 0.25) is 0 Å². The summed E-state index contributed by atoms with van der Waals surface area (Å²) >= 11 is 0. The third-order valence-corrected chi connectivity index (χ3v) is 4.74. The number of aryl methyl sites for hydroxylation is 2. The first-order valence-corrected chi connectivity index (χ1v) is 9.14. The van der Waals surface area contributed by atoms with E-state index < -0.39 is 11.2 Å². The lowest BCUT2D eigenvalue weighted by molar-refractivity contribution is 0.0342. The monoisotopic (exact) mass is 375 g/mol. The minimum Gasteiger partial charge on any atom is -0.379 e. The molecule has 3 heterocycles. The van der Waals surface area contributed by atoms with E-state index in [-0.39, 0.29) is 28.5 Å². The number of aromatic nitrogens is 3. The zero-order chi connectivity index (χ0) is 19.6. The van der Waals surface area contributed by atoms with Gasteiger partial charge in [-0.15, -0.1) is 0 Å². The number of amides is 1. The number of rotatable bonds is 5. The van der Waals surface area contributed by atoms with Crippen LogP contribution in [0.5, 0.6) is 0 Å². The van der Waals surface area contributed by atoms with Gasteiger partial charge in [-0.1, -0.05) is 6.92 Å². The van der Waals surface area contributed by atoms with Crippen LogP contribution in [0.2, 0.25) is 0 Å². The van der Waals surface area contributed by atoms with Gasteiger partial charge >= 0.3 is 5.69 Å². The lowest BCUT2D eigenvalue weighted by atomic mass is 10.1. The number of nitrogens with zero attached hydrogens (tertiary/aromatic N) is 3. The first kappa shape index (κ1) is 19.2. The number of carbonyl (C=O) groups excluding carboxylic acids is 1. The number of pyridine rings is 1. The highest BCUT2D eigenvalue weighted by Crippen LogP contribution is 2.14. The molecule has 0 aromatic carbocycles. The Bertz CT molecular complexity index is 959. The maximum Gasteiger partial charge on any atom is 0.329 e. The van der Waals surface area contributed by atoms with Gasteiger partial charge in [-0.05, 0) is 19.4 Å². The SMILES string of the molecule is CCc1cc(C(=O)N[C@H](C)CN2CCOCC2)c2c(=O)[nH]c(=O)n(C)c2n1. The van der Waals surface area contributed by atoms with Crippen molar-refractivity contribution in [2.24, 2.45) is 7.05 Å². The second-order valence-corrected chi connectivity index (χ2v) is 6.82. The molecule has 0 bridgehead atoms. The highest BCUT2D eigenvalue weighted by molar-refractivity contribution is 6.05. The summed E-state index contributed by atoms with van der Waals surface area (Å²) in [6.07, 6.45) is 0.584. The Kier molecular flexibility index (Phi) is 5.71. The lowest BCUT2D eigenvalue weighted by Crippen LogP contribution is -2.46. The second kappa shape index (κ2) is 8.01. The largest absolute Gasteiger partial charge is 0.379 e. The molecular formula is C18H25N5O4. The second-order valence-electron chi connectivity index (χ2n) is 6.82. The molecule has 1 aliphatic heterocycles. The number of morpholine rings is 1. The van der Waals surface area contributed by atoms with Crippen molar-refractivity contribution in [1.82, 2.24) is 24.8 Å². The van der Waals surface area contributed by atoms with Gasteiger partial charge in [0.1, 0.15) is 5.65 Å². The molecule has 0 aliphatic carbocycles. The van der Waals surface area contributed by atoms with Crippen LogP contribution in [0.15, 0.2) is 15.7 Å². The molecule has 0 radical (unpaired) electrons. The maximum atomic E-state index is 12.9. The van der Waals surface area contributed by atoms with Crippen LogP contribution in [0, 0.1) is 0 Å². The minimum absolute atomic E-state index is 0.101. The molecule has 1 amide bonds. The van der Waals surface area contributed by atoms with E-state index in [1.807, 2.05) is 13.8 Å². The molecule has 3 rings (SSSR count). The van der Waals surface area contributed by atoms with Gasteiger partial charge < -0.3 is 10.1 Å². The summed E-state index contributed by atoms with van der Waals surface area (Å²) < 4.78 is 6.59. The van der Waals surface area contributed by atoms with Crippen molar-refractivity contribution >= 4 is 16.9 Å². The van der Waals surface area contributed by atoms with Gasteiger partial charge in [-0.25, -0.2) is 9.78 Å². The highest BCUT2D eigenvalue weighted by atomic mass is 16.5. The fourth-order valence-electron chi connectivity index (χ4n) is 3.27. The summed E-state index contributed by atoms with van der Waals surface area (Å²) in [6, 6.07) is 1.52. The lowest BCUT2D eigenvalue weighted by Gasteiger charge is -2.29. The average Bonchev–Trinajstić information content (AvgIpc) is 2.65. The Morgan fingerprint density at radius 2 is 2.07 bits per heavy atom. The number of carbonyl (C=O) groups is 1. The Hall–Kier alpha value is -2.52.